The Morgan fingerprint density at radius 2 is 1.86 bits per heavy atom. The topological polar surface area (TPSA) is 35.2 Å². The predicted octanol–water partition coefficient (Wildman–Crippen LogP) is 2.07. The normalized spacial score (nSPS) is 51.6. The number of fused-ring (bicyclic) bond motifs is 1. The maximum absolute atomic E-state index is 6.45. The van der Waals surface area contributed by atoms with Gasteiger partial charge in [-0.25, -0.2) is 0 Å². The summed E-state index contributed by atoms with van der Waals surface area (Å²) in [5.74, 6) is 1.71. The Kier molecular flexibility index (Phi) is 2.10. The van der Waals surface area contributed by atoms with Gasteiger partial charge in [-0.3, -0.25) is 0 Å². The summed E-state index contributed by atoms with van der Waals surface area (Å²) >= 11 is 0. The Morgan fingerprint density at radius 1 is 1.07 bits per heavy atom. The largest absolute Gasteiger partial charge is 0.378 e. The standard InChI is InChI=1S/C12H21NO/c13-12(10-5-3-6-11(10)12)8-9-4-1-2-7-14-9/h9-11H,1-8,13H2. The second-order valence-corrected chi connectivity index (χ2v) is 5.45. The van der Waals surface area contributed by atoms with E-state index in [2.05, 4.69) is 0 Å². The molecule has 3 rings (SSSR count). The van der Waals surface area contributed by atoms with Gasteiger partial charge in [-0.15, -0.1) is 0 Å². The number of hydrogen-bond acceptors (Lipinski definition) is 2. The highest BCUT2D eigenvalue weighted by Gasteiger charge is 2.63. The lowest BCUT2D eigenvalue weighted by Gasteiger charge is -2.27. The molecule has 3 fully saturated rings. The van der Waals surface area contributed by atoms with Crippen LogP contribution in [-0.2, 0) is 4.74 Å². The van der Waals surface area contributed by atoms with Crippen LogP contribution in [0.5, 0.6) is 0 Å². The first kappa shape index (κ1) is 9.17. The average Bonchev–Trinajstić information content (AvgIpc) is 2.64. The molecule has 0 radical (unpaired) electrons. The van der Waals surface area contributed by atoms with E-state index in [1.807, 2.05) is 0 Å². The highest BCUT2D eigenvalue weighted by molar-refractivity contribution is 5.18. The Morgan fingerprint density at radius 3 is 2.50 bits per heavy atom. The zero-order valence-electron chi connectivity index (χ0n) is 8.87. The second-order valence-electron chi connectivity index (χ2n) is 5.45. The number of ether oxygens (including phenoxy) is 1. The molecule has 1 aliphatic heterocycles. The molecule has 0 aromatic heterocycles. The van der Waals surface area contributed by atoms with Gasteiger partial charge in [0.2, 0.25) is 0 Å². The van der Waals surface area contributed by atoms with Crippen molar-refractivity contribution in [2.24, 2.45) is 17.6 Å². The summed E-state index contributed by atoms with van der Waals surface area (Å²) in [6.07, 6.45) is 9.65. The Bertz CT molecular complexity index is 212. The molecule has 0 aromatic rings. The molecule has 0 amide bonds. The van der Waals surface area contributed by atoms with Gasteiger partial charge >= 0.3 is 0 Å². The number of nitrogens with two attached hydrogens (primary N) is 1. The van der Waals surface area contributed by atoms with Crippen molar-refractivity contribution in [1.29, 1.82) is 0 Å². The number of hydrogen-bond donors (Lipinski definition) is 1. The molecule has 0 spiro atoms. The van der Waals surface area contributed by atoms with E-state index >= 15 is 0 Å². The minimum Gasteiger partial charge on any atom is -0.378 e. The summed E-state index contributed by atoms with van der Waals surface area (Å²) in [7, 11) is 0. The molecule has 3 unspecified atom stereocenters. The molecule has 3 aliphatic rings. The van der Waals surface area contributed by atoms with Gasteiger partial charge in [0, 0.05) is 12.1 Å². The molecule has 2 nitrogen and oxygen atoms in total. The first-order valence-corrected chi connectivity index (χ1v) is 6.21. The van der Waals surface area contributed by atoms with E-state index in [0.29, 0.717) is 6.10 Å². The molecule has 2 N–H and O–H groups in total. The summed E-state index contributed by atoms with van der Waals surface area (Å²) in [5.41, 5.74) is 6.64. The monoisotopic (exact) mass is 195 g/mol. The van der Waals surface area contributed by atoms with E-state index in [9.17, 15) is 0 Å². The van der Waals surface area contributed by atoms with Crippen LogP contribution < -0.4 is 5.73 Å². The lowest BCUT2D eigenvalue weighted by Crippen LogP contribution is -2.35. The first-order chi connectivity index (χ1) is 6.81. The van der Waals surface area contributed by atoms with Crippen LogP contribution in [0.3, 0.4) is 0 Å². The zero-order chi connectivity index (χ0) is 9.60. The van der Waals surface area contributed by atoms with E-state index in [1.54, 1.807) is 0 Å². The van der Waals surface area contributed by atoms with Crippen molar-refractivity contribution in [2.45, 2.75) is 56.6 Å². The van der Waals surface area contributed by atoms with Crippen molar-refractivity contribution in [3.8, 4) is 0 Å². The van der Waals surface area contributed by atoms with E-state index in [1.165, 1.54) is 38.5 Å². The van der Waals surface area contributed by atoms with E-state index in [-0.39, 0.29) is 5.54 Å². The minimum atomic E-state index is 0.195. The highest BCUT2D eigenvalue weighted by Crippen LogP contribution is 2.61. The van der Waals surface area contributed by atoms with Crippen LogP contribution in [0.15, 0.2) is 0 Å². The SMILES string of the molecule is NC1(CC2CCCCO2)C2CCCC21. The van der Waals surface area contributed by atoms with Gasteiger partial charge in [0.15, 0.2) is 0 Å². The van der Waals surface area contributed by atoms with Crippen molar-refractivity contribution < 1.29 is 4.74 Å². The molecule has 0 aromatic carbocycles. The maximum Gasteiger partial charge on any atom is 0.0592 e. The first-order valence-electron chi connectivity index (χ1n) is 6.21. The zero-order valence-corrected chi connectivity index (χ0v) is 8.87. The van der Waals surface area contributed by atoms with Crippen molar-refractivity contribution >= 4 is 0 Å². The van der Waals surface area contributed by atoms with Crippen LogP contribution in [0.25, 0.3) is 0 Å². The third-order valence-electron chi connectivity index (χ3n) is 4.64. The lowest BCUT2D eigenvalue weighted by molar-refractivity contribution is 0.00323. The smallest absolute Gasteiger partial charge is 0.0592 e. The van der Waals surface area contributed by atoms with Crippen LogP contribution in [-0.4, -0.2) is 18.2 Å². The Labute approximate surface area is 86.2 Å². The van der Waals surface area contributed by atoms with Gasteiger partial charge < -0.3 is 10.5 Å². The van der Waals surface area contributed by atoms with E-state index in [0.717, 1.165) is 24.9 Å². The molecule has 2 saturated carbocycles. The molecule has 14 heavy (non-hydrogen) atoms. The molecular weight excluding hydrogens is 174 g/mol. The van der Waals surface area contributed by atoms with Crippen molar-refractivity contribution in [1.82, 2.24) is 0 Å². The fourth-order valence-corrected chi connectivity index (χ4v) is 3.79. The van der Waals surface area contributed by atoms with Gasteiger partial charge in [-0.1, -0.05) is 6.42 Å². The third kappa shape index (κ3) is 1.31. The van der Waals surface area contributed by atoms with Gasteiger partial charge in [0.25, 0.3) is 0 Å². The minimum absolute atomic E-state index is 0.195. The van der Waals surface area contributed by atoms with E-state index in [4.69, 9.17) is 10.5 Å². The molecule has 2 heteroatoms. The fourth-order valence-electron chi connectivity index (χ4n) is 3.79. The van der Waals surface area contributed by atoms with Crippen LogP contribution in [0, 0.1) is 11.8 Å². The summed E-state index contributed by atoms with van der Waals surface area (Å²) in [4.78, 5) is 0. The summed E-state index contributed by atoms with van der Waals surface area (Å²) in [5, 5.41) is 0. The Balaban J connectivity index is 1.57. The molecule has 3 atom stereocenters. The summed E-state index contributed by atoms with van der Waals surface area (Å²) < 4.78 is 5.78. The predicted molar refractivity (Wildman–Crippen MR) is 56.0 cm³/mol. The van der Waals surface area contributed by atoms with Gasteiger partial charge in [-0.2, -0.15) is 0 Å². The molecule has 1 saturated heterocycles. The maximum atomic E-state index is 6.45. The van der Waals surface area contributed by atoms with Gasteiger partial charge in [0.1, 0.15) is 0 Å². The number of rotatable bonds is 2. The molecular formula is C12H21NO. The van der Waals surface area contributed by atoms with Crippen LogP contribution in [0.4, 0.5) is 0 Å². The molecule has 1 heterocycles. The van der Waals surface area contributed by atoms with Crippen molar-refractivity contribution in [3.05, 3.63) is 0 Å². The van der Waals surface area contributed by atoms with E-state index < -0.39 is 0 Å². The fraction of sp³-hybridized carbons (Fsp3) is 1.00. The Hall–Kier alpha value is -0.0800. The summed E-state index contributed by atoms with van der Waals surface area (Å²) in [6.45, 7) is 0.968. The summed E-state index contributed by atoms with van der Waals surface area (Å²) in [6, 6.07) is 0. The quantitative estimate of drug-likeness (QED) is 0.732. The van der Waals surface area contributed by atoms with Crippen LogP contribution in [0.1, 0.15) is 44.9 Å². The van der Waals surface area contributed by atoms with Crippen LogP contribution >= 0.6 is 0 Å². The van der Waals surface area contributed by atoms with Crippen molar-refractivity contribution in [2.75, 3.05) is 6.61 Å². The van der Waals surface area contributed by atoms with Crippen LogP contribution in [0.2, 0.25) is 0 Å². The van der Waals surface area contributed by atoms with Gasteiger partial charge in [0.05, 0.1) is 6.10 Å². The average molecular weight is 195 g/mol. The second kappa shape index (κ2) is 3.21. The highest BCUT2D eigenvalue weighted by atomic mass is 16.5. The molecule has 2 aliphatic carbocycles. The van der Waals surface area contributed by atoms with Gasteiger partial charge in [-0.05, 0) is 50.4 Å². The molecule has 80 valence electrons. The third-order valence-corrected chi connectivity index (χ3v) is 4.64. The lowest BCUT2D eigenvalue weighted by atomic mass is 9.95. The van der Waals surface area contributed by atoms with Crippen molar-refractivity contribution in [3.63, 3.8) is 0 Å². The molecule has 0 bridgehead atoms.